The van der Waals surface area contributed by atoms with Gasteiger partial charge in [-0.3, -0.25) is 14.0 Å². The van der Waals surface area contributed by atoms with Crippen molar-refractivity contribution in [2.45, 2.75) is 19.4 Å². The lowest BCUT2D eigenvalue weighted by molar-refractivity contribution is 0.0780. The largest absolute Gasteiger partial charge is 0.346 e. The summed E-state index contributed by atoms with van der Waals surface area (Å²) in [5.74, 6) is -0.773. The SMILES string of the molecule is O=C(NCc1ccccc1F)c1nc(C(=O)N2CCCC2)n2ccccc12. The molecule has 0 saturated carbocycles. The molecule has 2 aromatic heterocycles. The summed E-state index contributed by atoms with van der Waals surface area (Å²) in [7, 11) is 0. The molecule has 138 valence electrons. The molecule has 1 aliphatic heterocycles. The molecular weight excluding hydrogens is 347 g/mol. The predicted molar refractivity (Wildman–Crippen MR) is 97.9 cm³/mol. The Bertz CT molecular complexity index is 1010. The van der Waals surface area contributed by atoms with E-state index in [0.29, 0.717) is 24.2 Å². The van der Waals surface area contributed by atoms with Crippen molar-refractivity contribution >= 4 is 17.3 Å². The zero-order chi connectivity index (χ0) is 18.8. The van der Waals surface area contributed by atoms with E-state index in [2.05, 4.69) is 10.3 Å². The first-order valence-corrected chi connectivity index (χ1v) is 8.93. The van der Waals surface area contributed by atoms with Crippen molar-refractivity contribution in [1.82, 2.24) is 19.6 Å². The first kappa shape index (κ1) is 17.2. The fourth-order valence-corrected chi connectivity index (χ4v) is 3.32. The maximum atomic E-state index is 13.8. The molecule has 2 amide bonds. The molecule has 0 atom stereocenters. The summed E-state index contributed by atoms with van der Waals surface area (Å²) in [4.78, 5) is 31.5. The monoisotopic (exact) mass is 366 g/mol. The molecule has 7 heteroatoms. The van der Waals surface area contributed by atoms with Crippen molar-refractivity contribution in [3.8, 4) is 0 Å². The third-order valence-corrected chi connectivity index (χ3v) is 4.75. The van der Waals surface area contributed by atoms with Crippen molar-refractivity contribution < 1.29 is 14.0 Å². The Morgan fingerprint density at radius 1 is 1.07 bits per heavy atom. The van der Waals surface area contributed by atoms with Gasteiger partial charge in [0, 0.05) is 31.4 Å². The number of benzene rings is 1. The van der Waals surface area contributed by atoms with Gasteiger partial charge >= 0.3 is 0 Å². The normalized spacial score (nSPS) is 13.9. The molecule has 1 fully saturated rings. The summed E-state index contributed by atoms with van der Waals surface area (Å²) >= 11 is 0. The van der Waals surface area contributed by atoms with Crippen molar-refractivity contribution in [3.63, 3.8) is 0 Å². The van der Waals surface area contributed by atoms with Crippen LogP contribution in [0.5, 0.6) is 0 Å². The van der Waals surface area contributed by atoms with E-state index >= 15 is 0 Å². The maximum Gasteiger partial charge on any atom is 0.290 e. The molecule has 4 rings (SSSR count). The van der Waals surface area contributed by atoms with Gasteiger partial charge in [-0.25, -0.2) is 9.37 Å². The van der Waals surface area contributed by atoms with Gasteiger partial charge in [-0.1, -0.05) is 24.3 Å². The number of imidazole rings is 1. The number of nitrogens with one attached hydrogen (secondary N) is 1. The van der Waals surface area contributed by atoms with Gasteiger partial charge in [-0.05, 0) is 31.0 Å². The molecule has 3 heterocycles. The van der Waals surface area contributed by atoms with Crippen LogP contribution in [0.25, 0.3) is 5.52 Å². The van der Waals surface area contributed by atoms with Gasteiger partial charge in [-0.15, -0.1) is 0 Å². The van der Waals surface area contributed by atoms with Gasteiger partial charge in [0.25, 0.3) is 11.8 Å². The van der Waals surface area contributed by atoms with Crippen LogP contribution >= 0.6 is 0 Å². The molecule has 0 aliphatic carbocycles. The lowest BCUT2D eigenvalue weighted by atomic mass is 10.2. The number of carbonyl (C=O) groups excluding carboxylic acids is 2. The highest BCUT2D eigenvalue weighted by Gasteiger charge is 2.26. The van der Waals surface area contributed by atoms with E-state index < -0.39 is 5.91 Å². The highest BCUT2D eigenvalue weighted by molar-refractivity contribution is 6.02. The average molecular weight is 366 g/mol. The zero-order valence-corrected chi connectivity index (χ0v) is 14.7. The second-order valence-electron chi connectivity index (χ2n) is 6.51. The molecule has 1 aromatic carbocycles. The minimum atomic E-state index is -0.442. The van der Waals surface area contributed by atoms with E-state index in [1.165, 1.54) is 6.07 Å². The number of carbonyl (C=O) groups is 2. The molecule has 0 unspecified atom stereocenters. The second-order valence-corrected chi connectivity index (χ2v) is 6.51. The smallest absolute Gasteiger partial charge is 0.290 e. The molecule has 6 nitrogen and oxygen atoms in total. The van der Waals surface area contributed by atoms with Crippen LogP contribution in [-0.2, 0) is 6.54 Å². The molecule has 0 spiro atoms. The molecule has 1 saturated heterocycles. The Kier molecular flexibility index (Phi) is 4.58. The minimum Gasteiger partial charge on any atom is -0.346 e. The summed E-state index contributed by atoms with van der Waals surface area (Å²) in [6.45, 7) is 1.46. The average Bonchev–Trinajstić information content (AvgIpc) is 3.35. The Morgan fingerprint density at radius 2 is 1.81 bits per heavy atom. The van der Waals surface area contributed by atoms with Crippen LogP contribution in [0.1, 0.15) is 39.5 Å². The lowest BCUT2D eigenvalue weighted by Gasteiger charge is -2.13. The predicted octanol–water partition coefficient (Wildman–Crippen LogP) is 2.64. The topological polar surface area (TPSA) is 66.7 Å². The van der Waals surface area contributed by atoms with Gasteiger partial charge in [0.05, 0.1) is 5.52 Å². The number of rotatable bonds is 4. The second kappa shape index (κ2) is 7.19. The molecular formula is C20H19FN4O2. The zero-order valence-electron chi connectivity index (χ0n) is 14.7. The fourth-order valence-electron chi connectivity index (χ4n) is 3.32. The summed E-state index contributed by atoms with van der Waals surface area (Å²) in [6.07, 6.45) is 3.68. The number of amides is 2. The van der Waals surface area contributed by atoms with Gasteiger partial charge in [0.1, 0.15) is 5.82 Å². The molecule has 1 aliphatic rings. The van der Waals surface area contributed by atoms with Crippen LogP contribution < -0.4 is 5.32 Å². The Hall–Kier alpha value is -3.22. The fraction of sp³-hybridized carbons (Fsp3) is 0.250. The van der Waals surface area contributed by atoms with Gasteiger partial charge in [0.2, 0.25) is 5.82 Å². The van der Waals surface area contributed by atoms with Crippen molar-refractivity contribution in [1.29, 1.82) is 0 Å². The summed E-state index contributed by atoms with van der Waals surface area (Å²) in [5, 5.41) is 2.69. The number of nitrogens with zero attached hydrogens (tertiary/aromatic N) is 3. The van der Waals surface area contributed by atoms with Crippen LogP contribution in [0.4, 0.5) is 4.39 Å². The van der Waals surface area contributed by atoms with Crippen LogP contribution in [-0.4, -0.2) is 39.2 Å². The van der Waals surface area contributed by atoms with Gasteiger partial charge < -0.3 is 10.2 Å². The van der Waals surface area contributed by atoms with E-state index in [9.17, 15) is 14.0 Å². The van der Waals surface area contributed by atoms with Crippen LogP contribution in [0.3, 0.4) is 0 Å². The number of fused-ring (bicyclic) bond motifs is 1. The molecule has 3 aromatic rings. The Labute approximate surface area is 155 Å². The minimum absolute atomic E-state index is 0.0484. The number of pyridine rings is 1. The van der Waals surface area contributed by atoms with Crippen LogP contribution in [0.2, 0.25) is 0 Å². The van der Waals surface area contributed by atoms with Crippen molar-refractivity contribution in [3.05, 3.63) is 71.6 Å². The highest BCUT2D eigenvalue weighted by atomic mass is 19.1. The number of hydrogen-bond acceptors (Lipinski definition) is 3. The first-order chi connectivity index (χ1) is 13.1. The van der Waals surface area contributed by atoms with E-state index in [4.69, 9.17) is 0 Å². The van der Waals surface area contributed by atoms with Crippen LogP contribution in [0, 0.1) is 5.82 Å². The summed E-state index contributed by atoms with van der Waals surface area (Å²) in [6, 6.07) is 11.6. The number of likely N-dealkylation sites (tertiary alicyclic amines) is 1. The Morgan fingerprint density at radius 3 is 2.59 bits per heavy atom. The van der Waals surface area contributed by atoms with E-state index in [1.807, 2.05) is 0 Å². The van der Waals surface area contributed by atoms with Gasteiger partial charge in [-0.2, -0.15) is 0 Å². The third-order valence-electron chi connectivity index (χ3n) is 4.75. The van der Waals surface area contributed by atoms with Gasteiger partial charge in [0.15, 0.2) is 5.69 Å². The van der Waals surface area contributed by atoms with E-state index in [-0.39, 0.29) is 29.8 Å². The standard InChI is InChI=1S/C20H19FN4O2/c21-15-8-2-1-7-14(15)13-22-19(26)17-16-9-3-4-12-25(16)18(23-17)20(27)24-10-5-6-11-24/h1-4,7-9,12H,5-6,10-11,13H2,(H,22,26). The van der Waals surface area contributed by atoms with Crippen molar-refractivity contribution in [2.24, 2.45) is 0 Å². The van der Waals surface area contributed by atoms with Crippen molar-refractivity contribution in [2.75, 3.05) is 13.1 Å². The Balaban J connectivity index is 1.62. The molecule has 0 radical (unpaired) electrons. The summed E-state index contributed by atoms with van der Waals surface area (Å²) < 4.78 is 15.4. The van der Waals surface area contributed by atoms with E-state index in [0.717, 1.165) is 12.8 Å². The summed E-state index contributed by atoms with van der Waals surface area (Å²) in [5.41, 5.74) is 1.10. The molecule has 1 N–H and O–H groups in total. The highest BCUT2D eigenvalue weighted by Crippen LogP contribution is 2.18. The lowest BCUT2D eigenvalue weighted by Crippen LogP contribution is -2.29. The third kappa shape index (κ3) is 3.28. The molecule has 0 bridgehead atoms. The first-order valence-electron chi connectivity index (χ1n) is 8.93. The number of hydrogen-bond donors (Lipinski definition) is 1. The number of halogens is 1. The quantitative estimate of drug-likeness (QED) is 0.772. The maximum absolute atomic E-state index is 13.8. The number of aromatic nitrogens is 2. The van der Waals surface area contributed by atoms with E-state index in [1.54, 1.807) is 51.9 Å². The molecule has 27 heavy (non-hydrogen) atoms. The van der Waals surface area contributed by atoms with Crippen LogP contribution in [0.15, 0.2) is 48.7 Å².